The van der Waals surface area contributed by atoms with Gasteiger partial charge >= 0.3 is 0 Å². The Morgan fingerprint density at radius 3 is 3.00 bits per heavy atom. The van der Waals surface area contributed by atoms with Crippen molar-refractivity contribution in [3.8, 4) is 11.5 Å². The van der Waals surface area contributed by atoms with Gasteiger partial charge in [0.15, 0.2) is 11.5 Å². The van der Waals surface area contributed by atoms with Crippen LogP contribution in [0.25, 0.3) is 11.5 Å². The minimum absolute atomic E-state index is 0.151. The zero-order valence-corrected chi connectivity index (χ0v) is 10.5. The molecule has 0 aromatic carbocycles. The molecule has 4 rings (SSSR count). The van der Waals surface area contributed by atoms with Gasteiger partial charge in [-0.25, -0.2) is 0 Å². The van der Waals surface area contributed by atoms with Crippen molar-refractivity contribution in [2.45, 2.75) is 6.04 Å². The number of nitrogens with zero attached hydrogens (tertiary/aromatic N) is 1. The molecule has 2 N–H and O–H groups in total. The topological polar surface area (TPSA) is 70.9 Å². The third-order valence-corrected chi connectivity index (χ3v) is 4.12. The van der Waals surface area contributed by atoms with Crippen LogP contribution in [-0.2, 0) is 0 Å². The van der Waals surface area contributed by atoms with Crippen LogP contribution in [0.3, 0.4) is 0 Å². The number of hydrogen-bond donors (Lipinski definition) is 2. The number of aromatic amines is 1. The molecule has 0 aliphatic carbocycles. The molecule has 0 saturated heterocycles. The lowest BCUT2D eigenvalue weighted by atomic mass is 10.1. The molecule has 1 atom stereocenters. The fourth-order valence-corrected chi connectivity index (χ4v) is 3.14. The molecular formula is C13H9N3O2S. The maximum Gasteiger partial charge on any atom is 0.272 e. The lowest BCUT2D eigenvalue weighted by molar-refractivity contribution is 0.0956. The second-order valence-corrected chi connectivity index (χ2v) is 5.24. The minimum Gasteiger partial charge on any atom is -0.463 e. The summed E-state index contributed by atoms with van der Waals surface area (Å²) in [4.78, 5) is 13.0. The molecule has 94 valence electrons. The zero-order chi connectivity index (χ0) is 12.8. The normalized spacial score (nSPS) is 17.5. The van der Waals surface area contributed by atoms with E-state index in [4.69, 9.17) is 4.42 Å². The van der Waals surface area contributed by atoms with Crippen LogP contribution in [0.15, 0.2) is 40.3 Å². The van der Waals surface area contributed by atoms with Gasteiger partial charge in [0.25, 0.3) is 5.91 Å². The third-order valence-electron chi connectivity index (χ3n) is 3.18. The molecule has 1 unspecified atom stereocenters. The van der Waals surface area contributed by atoms with Crippen LogP contribution < -0.4 is 5.32 Å². The lowest BCUT2D eigenvalue weighted by Gasteiger charge is -2.09. The van der Waals surface area contributed by atoms with Crippen molar-refractivity contribution in [1.82, 2.24) is 15.5 Å². The predicted molar refractivity (Wildman–Crippen MR) is 69.9 cm³/mol. The summed E-state index contributed by atoms with van der Waals surface area (Å²) in [7, 11) is 0. The molecule has 0 saturated carbocycles. The summed E-state index contributed by atoms with van der Waals surface area (Å²) in [5.74, 6) is 0.536. The van der Waals surface area contributed by atoms with E-state index in [0.29, 0.717) is 11.5 Å². The van der Waals surface area contributed by atoms with Crippen molar-refractivity contribution in [2.75, 3.05) is 0 Å². The Bertz CT molecular complexity index is 728. The van der Waals surface area contributed by atoms with Gasteiger partial charge < -0.3 is 9.73 Å². The summed E-state index contributed by atoms with van der Waals surface area (Å²) >= 11 is 1.61. The first kappa shape index (κ1) is 10.6. The second kappa shape index (κ2) is 3.83. The Morgan fingerprint density at radius 2 is 2.26 bits per heavy atom. The Morgan fingerprint density at radius 1 is 1.32 bits per heavy atom. The molecule has 6 heteroatoms. The molecule has 1 aliphatic rings. The van der Waals surface area contributed by atoms with Crippen LogP contribution in [0.5, 0.6) is 0 Å². The number of aromatic nitrogens is 2. The highest BCUT2D eigenvalue weighted by atomic mass is 32.1. The van der Waals surface area contributed by atoms with Crippen molar-refractivity contribution in [3.05, 3.63) is 52.0 Å². The summed E-state index contributed by atoms with van der Waals surface area (Å²) in [6.45, 7) is 0. The quantitative estimate of drug-likeness (QED) is 0.752. The van der Waals surface area contributed by atoms with E-state index in [1.54, 1.807) is 17.6 Å². The number of nitrogens with one attached hydrogen (secondary N) is 2. The van der Waals surface area contributed by atoms with E-state index < -0.39 is 0 Å². The molecule has 19 heavy (non-hydrogen) atoms. The van der Waals surface area contributed by atoms with Gasteiger partial charge in [0.2, 0.25) is 0 Å². The lowest BCUT2D eigenvalue weighted by Crippen LogP contribution is -2.20. The van der Waals surface area contributed by atoms with Crippen LogP contribution in [0.1, 0.15) is 27.0 Å². The van der Waals surface area contributed by atoms with Gasteiger partial charge in [-0.15, -0.1) is 11.3 Å². The highest BCUT2D eigenvalue weighted by Gasteiger charge is 2.36. The van der Waals surface area contributed by atoms with Gasteiger partial charge in [-0.2, -0.15) is 5.10 Å². The smallest absolute Gasteiger partial charge is 0.272 e. The second-order valence-electron chi connectivity index (χ2n) is 4.26. The van der Waals surface area contributed by atoms with Crippen LogP contribution >= 0.6 is 11.3 Å². The molecule has 5 nitrogen and oxygen atoms in total. The molecule has 0 bridgehead atoms. The summed E-state index contributed by atoms with van der Waals surface area (Å²) in [6.07, 6.45) is 1.60. The van der Waals surface area contributed by atoms with Crippen LogP contribution in [-0.4, -0.2) is 16.1 Å². The van der Waals surface area contributed by atoms with E-state index in [1.807, 2.05) is 29.6 Å². The predicted octanol–water partition coefficient (Wildman–Crippen LogP) is 2.56. The van der Waals surface area contributed by atoms with Gasteiger partial charge in [0.05, 0.1) is 12.3 Å². The Hall–Kier alpha value is -2.34. The van der Waals surface area contributed by atoms with Crippen molar-refractivity contribution in [1.29, 1.82) is 0 Å². The van der Waals surface area contributed by atoms with Crippen molar-refractivity contribution >= 4 is 17.2 Å². The fraction of sp³-hybridized carbons (Fsp3) is 0.0769. The number of furan rings is 1. The maximum atomic E-state index is 11.9. The Labute approximate surface area is 112 Å². The molecule has 0 fully saturated rings. The molecule has 1 amide bonds. The number of H-pyrrole nitrogens is 1. The molecule has 0 spiro atoms. The summed E-state index contributed by atoms with van der Waals surface area (Å²) in [5, 5.41) is 11.9. The molecule has 4 heterocycles. The molecule has 0 radical (unpaired) electrons. The van der Waals surface area contributed by atoms with E-state index in [2.05, 4.69) is 15.5 Å². The SMILES string of the molecule is O=C1NC(c2cccs2)c2c1n[nH]c2-c1ccco1. The van der Waals surface area contributed by atoms with Crippen LogP contribution in [0.2, 0.25) is 0 Å². The Kier molecular flexibility index (Phi) is 2.13. The standard InChI is InChI=1S/C13H9N3O2S/c17-13-12-9(11(14-13)8-4-2-6-19-8)10(15-16-12)7-3-1-5-18-7/h1-6,11H,(H,14,17)(H,15,16). The van der Waals surface area contributed by atoms with Gasteiger partial charge in [0.1, 0.15) is 5.69 Å². The summed E-state index contributed by atoms with van der Waals surface area (Å²) in [5.41, 5.74) is 2.07. The molecular weight excluding hydrogens is 262 g/mol. The largest absolute Gasteiger partial charge is 0.463 e. The number of rotatable bonds is 2. The number of amides is 1. The first-order valence-electron chi connectivity index (χ1n) is 5.81. The van der Waals surface area contributed by atoms with E-state index in [1.165, 1.54) is 0 Å². The highest BCUT2D eigenvalue weighted by Crippen LogP contribution is 2.38. The van der Waals surface area contributed by atoms with E-state index >= 15 is 0 Å². The number of hydrogen-bond acceptors (Lipinski definition) is 4. The highest BCUT2D eigenvalue weighted by molar-refractivity contribution is 7.10. The zero-order valence-electron chi connectivity index (χ0n) is 9.71. The Balaban J connectivity index is 1.91. The van der Waals surface area contributed by atoms with E-state index in [9.17, 15) is 4.79 Å². The third kappa shape index (κ3) is 1.47. The first-order valence-corrected chi connectivity index (χ1v) is 6.69. The molecule has 3 aromatic heterocycles. The first-order chi connectivity index (χ1) is 9.34. The summed E-state index contributed by atoms with van der Waals surface area (Å²) in [6, 6.07) is 7.48. The number of thiophene rings is 1. The van der Waals surface area contributed by atoms with E-state index in [0.717, 1.165) is 16.1 Å². The van der Waals surface area contributed by atoms with Gasteiger partial charge in [-0.3, -0.25) is 9.89 Å². The van der Waals surface area contributed by atoms with E-state index in [-0.39, 0.29) is 11.9 Å². The van der Waals surface area contributed by atoms with Gasteiger partial charge in [-0.1, -0.05) is 6.07 Å². The monoisotopic (exact) mass is 271 g/mol. The van der Waals surface area contributed by atoms with Crippen molar-refractivity contribution in [2.24, 2.45) is 0 Å². The fourth-order valence-electron chi connectivity index (χ4n) is 2.35. The van der Waals surface area contributed by atoms with Gasteiger partial charge in [-0.05, 0) is 23.6 Å². The maximum absolute atomic E-state index is 11.9. The van der Waals surface area contributed by atoms with Gasteiger partial charge in [0, 0.05) is 10.4 Å². The summed E-state index contributed by atoms with van der Waals surface area (Å²) < 4.78 is 5.40. The van der Waals surface area contributed by atoms with Crippen LogP contribution in [0, 0.1) is 0 Å². The van der Waals surface area contributed by atoms with Crippen molar-refractivity contribution < 1.29 is 9.21 Å². The number of carbonyl (C=O) groups is 1. The average molecular weight is 271 g/mol. The average Bonchev–Trinajstić information content (AvgIpc) is 3.16. The number of carbonyl (C=O) groups excluding carboxylic acids is 1. The minimum atomic E-state index is -0.152. The number of fused-ring (bicyclic) bond motifs is 1. The molecule has 1 aliphatic heterocycles. The molecule has 3 aromatic rings. The van der Waals surface area contributed by atoms with Crippen LogP contribution in [0.4, 0.5) is 0 Å². The van der Waals surface area contributed by atoms with Crippen molar-refractivity contribution in [3.63, 3.8) is 0 Å².